The van der Waals surface area contributed by atoms with E-state index in [0.29, 0.717) is 12.3 Å². The van der Waals surface area contributed by atoms with Crippen LogP contribution in [0.5, 0.6) is 5.75 Å². The summed E-state index contributed by atoms with van der Waals surface area (Å²) < 4.78 is 6.49. The average Bonchev–Trinajstić information content (AvgIpc) is 3.41. The second-order valence-electron chi connectivity index (χ2n) is 8.18. The van der Waals surface area contributed by atoms with Gasteiger partial charge in [-0.2, -0.15) is 0 Å². The number of Topliss-reactive ketones (excluding diaryl/α,β-unsaturated/α-hetero) is 1. The normalized spacial score (nSPS) is 18.6. The standard InChI is InChI=1S/C24H27N3O2S/c1-29-19-7-4-16-2-3-17(20(16)15-19)6-9-22(28)18-5-8-21-23(14-18)30-24(26-21)27-12-10-25-11-13-27/h4-5,7-8,14-15,17,25H,2-3,6,9-13H2,1H3/t17-/m0/s1. The number of hydrogen-bond donors (Lipinski definition) is 1. The first-order valence-corrected chi connectivity index (χ1v) is 11.6. The van der Waals surface area contributed by atoms with Crippen molar-refractivity contribution >= 4 is 32.5 Å². The van der Waals surface area contributed by atoms with Gasteiger partial charge in [0.15, 0.2) is 10.9 Å². The van der Waals surface area contributed by atoms with Crippen LogP contribution in [0, 0.1) is 0 Å². The third-order valence-corrected chi connectivity index (χ3v) is 7.44. The van der Waals surface area contributed by atoms with Crippen LogP contribution in [0.3, 0.4) is 0 Å². The Morgan fingerprint density at radius 1 is 1.23 bits per heavy atom. The number of anilines is 1. The third-order valence-electron chi connectivity index (χ3n) is 6.36. The number of nitrogens with zero attached hydrogens (tertiary/aromatic N) is 2. The number of carbonyl (C=O) groups is 1. The number of nitrogens with one attached hydrogen (secondary N) is 1. The summed E-state index contributed by atoms with van der Waals surface area (Å²) in [5, 5.41) is 4.44. The van der Waals surface area contributed by atoms with Crippen molar-refractivity contribution in [2.24, 2.45) is 0 Å². The van der Waals surface area contributed by atoms with Crippen molar-refractivity contribution in [1.82, 2.24) is 10.3 Å². The zero-order chi connectivity index (χ0) is 20.5. The topological polar surface area (TPSA) is 54.5 Å². The van der Waals surface area contributed by atoms with Crippen LogP contribution in [0.4, 0.5) is 5.13 Å². The minimum absolute atomic E-state index is 0.227. The number of aryl methyl sites for hydroxylation is 1. The Morgan fingerprint density at radius 3 is 2.93 bits per heavy atom. The van der Waals surface area contributed by atoms with Crippen molar-refractivity contribution in [1.29, 1.82) is 0 Å². The van der Waals surface area contributed by atoms with Crippen molar-refractivity contribution in [3.63, 3.8) is 0 Å². The molecule has 2 heterocycles. The summed E-state index contributed by atoms with van der Waals surface area (Å²) in [4.78, 5) is 20.0. The predicted octanol–water partition coefficient (Wildman–Crippen LogP) is 4.41. The van der Waals surface area contributed by atoms with Crippen molar-refractivity contribution in [3.05, 3.63) is 53.1 Å². The zero-order valence-corrected chi connectivity index (χ0v) is 18.1. The van der Waals surface area contributed by atoms with Gasteiger partial charge in [-0.05, 0) is 66.6 Å². The van der Waals surface area contributed by atoms with Crippen LogP contribution >= 0.6 is 11.3 Å². The Bertz CT molecular complexity index is 1070. The van der Waals surface area contributed by atoms with E-state index in [1.165, 1.54) is 11.1 Å². The van der Waals surface area contributed by atoms with Gasteiger partial charge in [-0.15, -0.1) is 0 Å². The van der Waals surface area contributed by atoms with E-state index in [1.54, 1.807) is 18.4 Å². The molecule has 1 atom stereocenters. The van der Waals surface area contributed by atoms with Gasteiger partial charge in [0.2, 0.25) is 0 Å². The Hall–Kier alpha value is -2.44. The van der Waals surface area contributed by atoms with Crippen LogP contribution < -0.4 is 15.0 Å². The van der Waals surface area contributed by atoms with Crippen LogP contribution in [0.15, 0.2) is 36.4 Å². The molecule has 2 aromatic carbocycles. The number of methoxy groups -OCH3 is 1. The fourth-order valence-electron chi connectivity index (χ4n) is 4.62. The van der Waals surface area contributed by atoms with E-state index in [9.17, 15) is 4.79 Å². The number of ether oxygens (including phenoxy) is 1. The highest BCUT2D eigenvalue weighted by molar-refractivity contribution is 7.22. The fraction of sp³-hybridized carbons (Fsp3) is 0.417. The number of rotatable bonds is 6. The molecule has 156 valence electrons. The Morgan fingerprint density at radius 2 is 2.10 bits per heavy atom. The molecule has 0 bridgehead atoms. The molecule has 30 heavy (non-hydrogen) atoms. The maximum atomic E-state index is 12.9. The summed E-state index contributed by atoms with van der Waals surface area (Å²) in [5.41, 5.74) is 4.56. The van der Waals surface area contributed by atoms with Crippen LogP contribution in [-0.2, 0) is 6.42 Å². The molecule has 0 spiro atoms. The van der Waals surface area contributed by atoms with E-state index in [4.69, 9.17) is 9.72 Å². The van der Waals surface area contributed by atoms with Gasteiger partial charge in [-0.3, -0.25) is 4.79 Å². The Balaban J connectivity index is 1.27. The first-order valence-electron chi connectivity index (χ1n) is 10.8. The second kappa shape index (κ2) is 8.36. The third kappa shape index (κ3) is 3.82. The van der Waals surface area contributed by atoms with Crippen LogP contribution in [0.1, 0.15) is 46.7 Å². The van der Waals surface area contributed by atoms with Crippen LogP contribution in [-0.4, -0.2) is 44.1 Å². The quantitative estimate of drug-likeness (QED) is 0.598. The van der Waals surface area contributed by atoms with Gasteiger partial charge in [0.1, 0.15) is 5.75 Å². The first kappa shape index (κ1) is 19.5. The molecule has 0 unspecified atom stereocenters. The molecule has 6 heteroatoms. The number of ketones is 1. The van der Waals surface area contributed by atoms with Gasteiger partial charge in [-0.25, -0.2) is 4.98 Å². The number of piperazine rings is 1. The summed E-state index contributed by atoms with van der Waals surface area (Å²) in [6, 6.07) is 12.3. The lowest BCUT2D eigenvalue weighted by molar-refractivity contribution is 0.0977. The average molecular weight is 422 g/mol. The number of aromatic nitrogens is 1. The number of fused-ring (bicyclic) bond motifs is 2. The number of carbonyl (C=O) groups excluding carboxylic acids is 1. The molecular formula is C24H27N3O2S. The maximum Gasteiger partial charge on any atom is 0.186 e. The molecule has 1 fully saturated rings. The molecule has 1 saturated heterocycles. The van der Waals surface area contributed by atoms with Gasteiger partial charge < -0.3 is 15.0 Å². The lowest BCUT2D eigenvalue weighted by Crippen LogP contribution is -2.43. The van der Waals surface area contributed by atoms with Gasteiger partial charge >= 0.3 is 0 Å². The summed E-state index contributed by atoms with van der Waals surface area (Å²) in [6.45, 7) is 3.96. The Labute approximate surface area is 181 Å². The fourth-order valence-corrected chi connectivity index (χ4v) is 5.68. The molecule has 0 amide bonds. The second-order valence-corrected chi connectivity index (χ2v) is 9.19. The summed E-state index contributed by atoms with van der Waals surface area (Å²) >= 11 is 1.69. The van der Waals surface area contributed by atoms with E-state index in [0.717, 1.165) is 72.1 Å². The largest absolute Gasteiger partial charge is 0.497 e. The van der Waals surface area contributed by atoms with Gasteiger partial charge in [0, 0.05) is 38.2 Å². The van der Waals surface area contributed by atoms with Crippen LogP contribution in [0.2, 0.25) is 0 Å². The van der Waals surface area contributed by atoms with E-state index in [1.807, 2.05) is 24.3 Å². The smallest absolute Gasteiger partial charge is 0.186 e. The molecule has 2 aliphatic rings. The molecule has 0 radical (unpaired) electrons. The highest BCUT2D eigenvalue weighted by Crippen LogP contribution is 2.38. The molecule has 5 rings (SSSR count). The summed E-state index contributed by atoms with van der Waals surface area (Å²) in [5.74, 6) is 1.58. The van der Waals surface area contributed by atoms with Crippen molar-refractivity contribution in [2.45, 2.75) is 31.6 Å². The molecule has 0 saturated carbocycles. The van der Waals surface area contributed by atoms with Crippen molar-refractivity contribution in [3.8, 4) is 5.75 Å². The van der Waals surface area contributed by atoms with E-state index < -0.39 is 0 Å². The lowest BCUT2D eigenvalue weighted by Gasteiger charge is -2.26. The molecule has 1 N–H and O–H groups in total. The van der Waals surface area contributed by atoms with Gasteiger partial charge in [0.25, 0.3) is 0 Å². The number of hydrogen-bond acceptors (Lipinski definition) is 6. The summed E-state index contributed by atoms with van der Waals surface area (Å²) in [7, 11) is 1.71. The summed E-state index contributed by atoms with van der Waals surface area (Å²) in [6.07, 6.45) is 3.69. The van der Waals surface area contributed by atoms with E-state index in [2.05, 4.69) is 22.3 Å². The molecule has 1 aromatic heterocycles. The molecule has 1 aliphatic carbocycles. The monoisotopic (exact) mass is 421 g/mol. The molecule has 3 aromatic rings. The Kier molecular flexibility index (Phi) is 5.44. The van der Waals surface area contributed by atoms with Crippen LogP contribution in [0.25, 0.3) is 10.2 Å². The predicted molar refractivity (Wildman–Crippen MR) is 122 cm³/mol. The molecular weight excluding hydrogens is 394 g/mol. The minimum Gasteiger partial charge on any atom is -0.497 e. The highest BCUT2D eigenvalue weighted by Gasteiger charge is 2.24. The highest BCUT2D eigenvalue weighted by atomic mass is 32.1. The van der Waals surface area contributed by atoms with Gasteiger partial charge in [-0.1, -0.05) is 17.4 Å². The molecule has 5 nitrogen and oxygen atoms in total. The SMILES string of the molecule is COc1ccc2c(c1)[C@H](CCC(=O)c1ccc3nc(N4CCNCC4)sc3c1)CC2. The minimum atomic E-state index is 0.227. The molecule has 1 aliphatic heterocycles. The van der Waals surface area contributed by atoms with E-state index in [-0.39, 0.29) is 5.78 Å². The van der Waals surface area contributed by atoms with Gasteiger partial charge in [0.05, 0.1) is 17.3 Å². The zero-order valence-electron chi connectivity index (χ0n) is 17.3. The number of thiazole rings is 1. The maximum absolute atomic E-state index is 12.9. The van der Waals surface area contributed by atoms with E-state index >= 15 is 0 Å². The lowest BCUT2D eigenvalue weighted by atomic mass is 9.93. The van der Waals surface area contributed by atoms with Crippen molar-refractivity contribution in [2.75, 3.05) is 38.2 Å². The number of benzene rings is 2. The van der Waals surface area contributed by atoms with Crippen molar-refractivity contribution < 1.29 is 9.53 Å². The first-order chi connectivity index (χ1) is 14.7.